The van der Waals surface area contributed by atoms with Gasteiger partial charge in [0.25, 0.3) is 0 Å². The molecule has 5 nitrogen and oxygen atoms in total. The number of rotatable bonds is 3. The molecule has 3 rings (SSSR count). The van der Waals surface area contributed by atoms with Crippen molar-refractivity contribution in [3.63, 3.8) is 0 Å². The molecule has 1 saturated heterocycles. The Balaban J connectivity index is 1.46. The van der Waals surface area contributed by atoms with Crippen LogP contribution in [0.4, 0.5) is 4.79 Å². The molecule has 0 radical (unpaired) electrons. The van der Waals surface area contributed by atoms with Crippen LogP contribution in [0.1, 0.15) is 70.6 Å². The molecule has 130 valence electrons. The Bertz CT molecular complexity index is 414. The van der Waals surface area contributed by atoms with E-state index in [-0.39, 0.29) is 17.9 Å². The zero-order valence-electron chi connectivity index (χ0n) is 14.2. The predicted octanol–water partition coefficient (Wildman–Crippen LogP) is 2.80. The average molecular weight is 321 g/mol. The fourth-order valence-corrected chi connectivity index (χ4v) is 4.28. The summed E-state index contributed by atoms with van der Waals surface area (Å²) >= 11 is 0. The topological polar surface area (TPSA) is 61.4 Å². The zero-order chi connectivity index (χ0) is 16.1. The highest BCUT2D eigenvalue weighted by molar-refractivity contribution is 5.81. The molecular formula is C18H31N3O2. The van der Waals surface area contributed by atoms with Gasteiger partial charge in [0, 0.05) is 25.2 Å². The number of hydrogen-bond acceptors (Lipinski definition) is 2. The Morgan fingerprint density at radius 1 is 0.739 bits per heavy atom. The van der Waals surface area contributed by atoms with Crippen molar-refractivity contribution in [3.05, 3.63) is 0 Å². The Morgan fingerprint density at radius 2 is 1.35 bits per heavy atom. The molecule has 3 fully saturated rings. The van der Waals surface area contributed by atoms with E-state index in [0.29, 0.717) is 18.6 Å². The van der Waals surface area contributed by atoms with Crippen LogP contribution in [0.2, 0.25) is 0 Å². The zero-order valence-corrected chi connectivity index (χ0v) is 14.2. The highest BCUT2D eigenvalue weighted by Gasteiger charge is 2.30. The maximum Gasteiger partial charge on any atom is 0.317 e. The smallest absolute Gasteiger partial charge is 0.317 e. The summed E-state index contributed by atoms with van der Waals surface area (Å²) in [6.07, 6.45) is 12.5. The van der Waals surface area contributed by atoms with Gasteiger partial charge in [0.1, 0.15) is 0 Å². The summed E-state index contributed by atoms with van der Waals surface area (Å²) in [6.45, 7) is 1.36. The molecule has 23 heavy (non-hydrogen) atoms. The monoisotopic (exact) mass is 321 g/mol. The first-order valence-corrected chi connectivity index (χ1v) is 9.58. The van der Waals surface area contributed by atoms with E-state index in [1.54, 1.807) is 0 Å². The molecule has 5 heteroatoms. The fourth-order valence-electron chi connectivity index (χ4n) is 4.28. The van der Waals surface area contributed by atoms with Crippen molar-refractivity contribution in [2.45, 2.75) is 82.7 Å². The Hall–Kier alpha value is -1.26. The number of nitrogens with zero attached hydrogens (tertiary/aromatic N) is 1. The number of amides is 3. The minimum Gasteiger partial charge on any atom is -0.353 e. The number of likely N-dealkylation sites (tertiary alicyclic amines) is 1. The second-order valence-corrected chi connectivity index (χ2v) is 7.56. The van der Waals surface area contributed by atoms with Crippen LogP contribution in [0.25, 0.3) is 0 Å². The Morgan fingerprint density at radius 3 is 2.04 bits per heavy atom. The third-order valence-electron chi connectivity index (χ3n) is 5.71. The van der Waals surface area contributed by atoms with Gasteiger partial charge in [-0.1, -0.05) is 32.1 Å². The second kappa shape index (κ2) is 8.02. The van der Waals surface area contributed by atoms with Crippen LogP contribution >= 0.6 is 0 Å². The number of carbonyl (C=O) groups excluding carboxylic acids is 2. The maximum absolute atomic E-state index is 12.5. The van der Waals surface area contributed by atoms with Crippen molar-refractivity contribution < 1.29 is 9.59 Å². The molecule has 0 aromatic carbocycles. The van der Waals surface area contributed by atoms with Crippen LogP contribution < -0.4 is 10.6 Å². The molecule has 0 aromatic rings. The molecular weight excluding hydrogens is 290 g/mol. The lowest BCUT2D eigenvalue weighted by molar-refractivity contribution is -0.127. The third kappa shape index (κ3) is 4.61. The molecule has 2 saturated carbocycles. The molecule has 0 bridgehead atoms. The highest BCUT2D eigenvalue weighted by atomic mass is 16.2. The molecule has 1 atom stereocenters. The minimum absolute atomic E-state index is 0.0264. The molecule has 1 aliphatic heterocycles. The molecule has 3 amide bonds. The molecule has 2 N–H and O–H groups in total. The van der Waals surface area contributed by atoms with Crippen molar-refractivity contribution in [2.75, 3.05) is 13.1 Å². The van der Waals surface area contributed by atoms with E-state index in [0.717, 1.165) is 45.1 Å². The normalized spacial score (nSPS) is 27.0. The summed E-state index contributed by atoms with van der Waals surface area (Å²) in [5.74, 6) is 0.133. The van der Waals surface area contributed by atoms with E-state index in [1.807, 2.05) is 4.90 Å². The van der Waals surface area contributed by atoms with Crippen molar-refractivity contribution in [3.8, 4) is 0 Å². The van der Waals surface area contributed by atoms with E-state index < -0.39 is 0 Å². The largest absolute Gasteiger partial charge is 0.353 e. The van der Waals surface area contributed by atoms with Crippen LogP contribution in [-0.2, 0) is 4.79 Å². The van der Waals surface area contributed by atoms with E-state index in [2.05, 4.69) is 10.6 Å². The minimum atomic E-state index is -0.0264. The lowest BCUT2D eigenvalue weighted by Crippen LogP contribution is -2.52. The predicted molar refractivity (Wildman–Crippen MR) is 90.1 cm³/mol. The van der Waals surface area contributed by atoms with Gasteiger partial charge >= 0.3 is 6.03 Å². The Labute approximate surface area is 139 Å². The molecule has 2 aliphatic carbocycles. The van der Waals surface area contributed by atoms with Crippen molar-refractivity contribution in [1.29, 1.82) is 0 Å². The molecule has 0 spiro atoms. The first-order valence-electron chi connectivity index (χ1n) is 9.58. The third-order valence-corrected chi connectivity index (χ3v) is 5.71. The van der Waals surface area contributed by atoms with Gasteiger partial charge < -0.3 is 15.5 Å². The lowest BCUT2D eigenvalue weighted by Gasteiger charge is -2.34. The molecule has 1 unspecified atom stereocenters. The summed E-state index contributed by atoms with van der Waals surface area (Å²) in [7, 11) is 0. The van der Waals surface area contributed by atoms with Gasteiger partial charge in [0.05, 0.1) is 5.92 Å². The fraction of sp³-hybridized carbons (Fsp3) is 0.889. The summed E-state index contributed by atoms with van der Waals surface area (Å²) < 4.78 is 0. The summed E-state index contributed by atoms with van der Waals surface area (Å²) in [4.78, 5) is 26.8. The van der Waals surface area contributed by atoms with E-state index in [1.165, 1.54) is 32.1 Å². The van der Waals surface area contributed by atoms with E-state index in [4.69, 9.17) is 0 Å². The Kier molecular flexibility index (Phi) is 5.79. The summed E-state index contributed by atoms with van der Waals surface area (Å²) in [5.41, 5.74) is 0. The van der Waals surface area contributed by atoms with Crippen molar-refractivity contribution in [2.24, 2.45) is 5.92 Å². The van der Waals surface area contributed by atoms with Crippen molar-refractivity contribution in [1.82, 2.24) is 15.5 Å². The molecule has 0 aromatic heterocycles. The van der Waals surface area contributed by atoms with Gasteiger partial charge in [-0.25, -0.2) is 4.79 Å². The number of nitrogens with one attached hydrogen (secondary N) is 2. The van der Waals surface area contributed by atoms with Gasteiger partial charge in [0.2, 0.25) is 5.91 Å². The van der Waals surface area contributed by atoms with Gasteiger partial charge in [-0.2, -0.15) is 0 Å². The van der Waals surface area contributed by atoms with Gasteiger partial charge in [-0.05, 0) is 38.5 Å². The average Bonchev–Trinajstić information content (AvgIpc) is 3.09. The van der Waals surface area contributed by atoms with Gasteiger partial charge in [0.15, 0.2) is 0 Å². The first-order chi connectivity index (χ1) is 11.2. The summed E-state index contributed by atoms with van der Waals surface area (Å²) in [5, 5.41) is 6.37. The number of piperidine rings is 1. The van der Waals surface area contributed by atoms with Crippen LogP contribution in [0.3, 0.4) is 0 Å². The standard InChI is InChI=1S/C18H31N3O2/c22-17(19-15-10-4-5-11-15)14-7-6-12-21(13-14)18(23)20-16-8-2-1-3-9-16/h14-16H,1-13H2,(H,19,22)(H,20,23). The number of urea groups is 1. The lowest BCUT2D eigenvalue weighted by atomic mass is 9.95. The van der Waals surface area contributed by atoms with Crippen LogP contribution in [-0.4, -0.2) is 42.0 Å². The van der Waals surface area contributed by atoms with Gasteiger partial charge in [-0.3, -0.25) is 4.79 Å². The van der Waals surface area contributed by atoms with Crippen LogP contribution in [0.15, 0.2) is 0 Å². The van der Waals surface area contributed by atoms with Crippen molar-refractivity contribution >= 4 is 11.9 Å². The van der Waals surface area contributed by atoms with Gasteiger partial charge in [-0.15, -0.1) is 0 Å². The van der Waals surface area contributed by atoms with Crippen LogP contribution in [0.5, 0.6) is 0 Å². The maximum atomic E-state index is 12.5. The van der Waals surface area contributed by atoms with E-state index in [9.17, 15) is 9.59 Å². The second-order valence-electron chi connectivity index (χ2n) is 7.56. The highest BCUT2D eigenvalue weighted by Crippen LogP contribution is 2.22. The summed E-state index contributed by atoms with van der Waals surface area (Å²) in [6, 6.07) is 0.744. The molecule has 3 aliphatic rings. The van der Waals surface area contributed by atoms with E-state index >= 15 is 0 Å². The van der Waals surface area contributed by atoms with Crippen LogP contribution in [0, 0.1) is 5.92 Å². The first kappa shape index (κ1) is 16.6. The quantitative estimate of drug-likeness (QED) is 0.839. The molecule has 1 heterocycles. The SMILES string of the molecule is O=C(NC1CCCC1)C1CCCN(C(=O)NC2CCCCC2)C1. The number of hydrogen-bond donors (Lipinski definition) is 2. The number of carbonyl (C=O) groups is 2.